The van der Waals surface area contributed by atoms with E-state index in [9.17, 15) is 9.59 Å². The molecule has 3 aromatic rings. The van der Waals surface area contributed by atoms with Crippen LogP contribution < -0.4 is 14.3 Å². The fraction of sp³-hybridized carbons (Fsp3) is 0.250. The minimum atomic E-state index is -0.399. The molecule has 0 bridgehead atoms. The molecule has 0 saturated carbocycles. The van der Waals surface area contributed by atoms with Gasteiger partial charge in [0.1, 0.15) is 6.54 Å². The molecule has 1 aliphatic heterocycles. The third-order valence-electron chi connectivity index (χ3n) is 4.23. The zero-order chi connectivity index (χ0) is 19.7. The number of amides is 1. The van der Waals surface area contributed by atoms with Gasteiger partial charge in [-0.25, -0.2) is 0 Å². The van der Waals surface area contributed by atoms with Crippen LogP contribution in [0.25, 0.3) is 10.2 Å². The molecular weight excluding hydrogens is 380 g/mol. The van der Waals surface area contributed by atoms with Crippen molar-refractivity contribution in [3.63, 3.8) is 0 Å². The van der Waals surface area contributed by atoms with Crippen LogP contribution in [0.5, 0.6) is 11.5 Å². The first-order chi connectivity index (χ1) is 13.5. The number of thiazole rings is 1. The first-order valence-corrected chi connectivity index (χ1v) is 9.61. The van der Waals surface area contributed by atoms with Gasteiger partial charge in [0.2, 0.25) is 6.79 Å². The van der Waals surface area contributed by atoms with Crippen molar-refractivity contribution in [3.05, 3.63) is 52.3 Å². The summed E-state index contributed by atoms with van der Waals surface area (Å²) in [7, 11) is 0. The van der Waals surface area contributed by atoms with Crippen LogP contribution in [0, 0.1) is 6.92 Å². The maximum absolute atomic E-state index is 12.7. The second-order valence-corrected chi connectivity index (χ2v) is 7.24. The quantitative estimate of drug-likeness (QED) is 0.631. The molecule has 0 aliphatic carbocycles. The van der Waals surface area contributed by atoms with Crippen molar-refractivity contribution in [2.75, 3.05) is 13.4 Å². The Labute approximate surface area is 164 Å². The molecule has 2 aromatic carbocycles. The van der Waals surface area contributed by atoms with Crippen LogP contribution in [0.4, 0.5) is 0 Å². The highest BCUT2D eigenvalue weighted by Crippen LogP contribution is 2.37. The smallest absolute Gasteiger partial charge is 0.326 e. The summed E-state index contributed by atoms with van der Waals surface area (Å²) in [5.74, 6) is 0.463. The lowest BCUT2D eigenvalue weighted by atomic mass is 10.1. The van der Waals surface area contributed by atoms with Gasteiger partial charge in [-0.05, 0) is 26.0 Å². The second-order valence-electron chi connectivity index (χ2n) is 6.24. The van der Waals surface area contributed by atoms with E-state index in [1.807, 2.05) is 25.1 Å². The molecule has 8 heteroatoms. The summed E-state index contributed by atoms with van der Waals surface area (Å²) in [6.45, 7) is 4.06. The number of carbonyl (C=O) groups excluding carboxylic acids is 2. The molecule has 0 N–H and O–H groups in total. The van der Waals surface area contributed by atoms with Crippen LogP contribution in [0.2, 0.25) is 0 Å². The number of rotatable bonds is 4. The van der Waals surface area contributed by atoms with Crippen LogP contribution in [-0.4, -0.2) is 29.8 Å². The van der Waals surface area contributed by atoms with Gasteiger partial charge in [-0.2, -0.15) is 4.99 Å². The Kier molecular flexibility index (Phi) is 4.87. The number of aromatic nitrogens is 1. The molecular formula is C20H18N2O5S. The zero-order valence-corrected chi connectivity index (χ0v) is 16.2. The molecule has 0 fully saturated rings. The Hall–Kier alpha value is -3.13. The summed E-state index contributed by atoms with van der Waals surface area (Å²) in [6.07, 6.45) is 0. The standard InChI is InChI=1S/C20H18N2O5S/c1-3-25-18(23)10-22-14-8-15-16(27-11-26-15)9-17(14)28-20(22)21-19(24)13-6-4-5-12(2)7-13/h4-9H,3,10-11H2,1-2H3. The van der Waals surface area contributed by atoms with Gasteiger partial charge in [0, 0.05) is 17.7 Å². The molecule has 28 heavy (non-hydrogen) atoms. The molecule has 1 amide bonds. The molecule has 1 aliphatic rings. The lowest BCUT2D eigenvalue weighted by Crippen LogP contribution is -2.23. The van der Waals surface area contributed by atoms with Crippen LogP contribution in [0.3, 0.4) is 0 Å². The molecule has 0 spiro atoms. The monoisotopic (exact) mass is 398 g/mol. The van der Waals surface area contributed by atoms with Gasteiger partial charge in [-0.15, -0.1) is 0 Å². The minimum absolute atomic E-state index is 0.0482. The van der Waals surface area contributed by atoms with Crippen molar-refractivity contribution in [1.29, 1.82) is 0 Å². The van der Waals surface area contributed by atoms with Crippen LogP contribution >= 0.6 is 11.3 Å². The number of ether oxygens (including phenoxy) is 3. The maximum atomic E-state index is 12.7. The maximum Gasteiger partial charge on any atom is 0.326 e. The van der Waals surface area contributed by atoms with Gasteiger partial charge in [0.05, 0.1) is 16.8 Å². The molecule has 0 unspecified atom stereocenters. The number of carbonyl (C=O) groups is 2. The Morgan fingerprint density at radius 3 is 2.75 bits per heavy atom. The van der Waals surface area contributed by atoms with E-state index >= 15 is 0 Å². The lowest BCUT2D eigenvalue weighted by Gasteiger charge is -2.05. The van der Waals surface area contributed by atoms with Crippen molar-refractivity contribution in [2.24, 2.45) is 4.99 Å². The van der Waals surface area contributed by atoms with Crippen LogP contribution in [0.1, 0.15) is 22.8 Å². The predicted octanol–water partition coefficient (Wildman–Crippen LogP) is 3.04. The van der Waals surface area contributed by atoms with Gasteiger partial charge in [-0.3, -0.25) is 9.59 Å². The number of fused-ring (bicyclic) bond motifs is 2. The van der Waals surface area contributed by atoms with Gasteiger partial charge in [-0.1, -0.05) is 29.0 Å². The fourth-order valence-corrected chi connectivity index (χ4v) is 4.00. The number of benzene rings is 2. The van der Waals surface area contributed by atoms with Crippen LogP contribution in [0.15, 0.2) is 41.4 Å². The predicted molar refractivity (Wildman–Crippen MR) is 104 cm³/mol. The van der Waals surface area contributed by atoms with Crippen molar-refractivity contribution in [3.8, 4) is 11.5 Å². The van der Waals surface area contributed by atoms with Gasteiger partial charge in [0.25, 0.3) is 5.91 Å². The fourth-order valence-electron chi connectivity index (χ4n) is 2.96. The summed E-state index contributed by atoms with van der Waals surface area (Å²) in [5.41, 5.74) is 2.20. The molecule has 0 saturated heterocycles. The third kappa shape index (κ3) is 3.50. The van der Waals surface area contributed by atoms with Crippen molar-refractivity contribution in [1.82, 2.24) is 4.57 Å². The zero-order valence-electron chi connectivity index (χ0n) is 15.4. The molecule has 0 radical (unpaired) electrons. The molecule has 144 valence electrons. The topological polar surface area (TPSA) is 79.1 Å². The van der Waals surface area contributed by atoms with E-state index in [-0.39, 0.29) is 25.9 Å². The van der Waals surface area contributed by atoms with E-state index in [0.29, 0.717) is 21.9 Å². The molecule has 7 nitrogen and oxygen atoms in total. The first kappa shape index (κ1) is 18.2. The van der Waals surface area contributed by atoms with Gasteiger partial charge >= 0.3 is 5.97 Å². The SMILES string of the molecule is CCOC(=O)Cn1c(=NC(=O)c2cccc(C)c2)sc2cc3c(cc21)OCO3. The summed E-state index contributed by atoms with van der Waals surface area (Å²) in [5, 5.41) is 0. The molecule has 1 aromatic heterocycles. The van der Waals surface area contributed by atoms with E-state index < -0.39 is 5.97 Å². The normalized spacial score (nSPS) is 13.1. The van der Waals surface area contributed by atoms with E-state index in [4.69, 9.17) is 14.2 Å². The number of esters is 1. The van der Waals surface area contributed by atoms with E-state index in [1.54, 1.807) is 29.7 Å². The second kappa shape index (κ2) is 7.47. The highest BCUT2D eigenvalue weighted by molar-refractivity contribution is 7.16. The summed E-state index contributed by atoms with van der Waals surface area (Å²) in [6, 6.07) is 10.9. The van der Waals surface area contributed by atoms with E-state index in [2.05, 4.69) is 4.99 Å². The van der Waals surface area contributed by atoms with Crippen LogP contribution in [-0.2, 0) is 16.1 Å². The Morgan fingerprint density at radius 1 is 1.21 bits per heavy atom. The van der Waals surface area contributed by atoms with Crippen molar-refractivity contribution < 1.29 is 23.8 Å². The average molecular weight is 398 g/mol. The number of nitrogens with zero attached hydrogens (tertiary/aromatic N) is 2. The highest BCUT2D eigenvalue weighted by atomic mass is 32.1. The van der Waals surface area contributed by atoms with E-state index in [0.717, 1.165) is 15.8 Å². The molecule has 2 heterocycles. The average Bonchev–Trinajstić information content (AvgIpc) is 3.24. The number of hydrogen-bond donors (Lipinski definition) is 0. The number of hydrogen-bond acceptors (Lipinski definition) is 6. The van der Waals surface area contributed by atoms with E-state index in [1.165, 1.54) is 11.3 Å². The molecule has 4 rings (SSSR count). The summed E-state index contributed by atoms with van der Waals surface area (Å²) < 4.78 is 18.5. The van der Waals surface area contributed by atoms with Crippen molar-refractivity contribution in [2.45, 2.75) is 20.4 Å². The van der Waals surface area contributed by atoms with Crippen molar-refractivity contribution >= 4 is 33.4 Å². The first-order valence-electron chi connectivity index (χ1n) is 8.79. The summed E-state index contributed by atoms with van der Waals surface area (Å²) in [4.78, 5) is 29.5. The van der Waals surface area contributed by atoms with Gasteiger partial charge < -0.3 is 18.8 Å². The Bertz CT molecular complexity index is 1150. The summed E-state index contributed by atoms with van der Waals surface area (Å²) >= 11 is 1.31. The number of aryl methyl sites for hydroxylation is 1. The van der Waals surface area contributed by atoms with Gasteiger partial charge in [0.15, 0.2) is 16.3 Å². The Balaban J connectivity index is 1.84. The largest absolute Gasteiger partial charge is 0.465 e. The minimum Gasteiger partial charge on any atom is -0.465 e. The molecule has 0 atom stereocenters. The lowest BCUT2D eigenvalue weighted by molar-refractivity contribution is -0.143. The Morgan fingerprint density at radius 2 is 2.00 bits per heavy atom. The highest BCUT2D eigenvalue weighted by Gasteiger charge is 2.19. The third-order valence-corrected chi connectivity index (χ3v) is 5.27.